The molecule has 2 aromatic rings. The highest BCUT2D eigenvalue weighted by atomic mass is 16.4. The van der Waals surface area contributed by atoms with Crippen molar-refractivity contribution in [2.75, 3.05) is 6.61 Å². The van der Waals surface area contributed by atoms with Gasteiger partial charge < -0.3 is 10.2 Å². The lowest BCUT2D eigenvalue weighted by molar-refractivity contribution is 0.0688. The maximum absolute atomic E-state index is 11.1. The summed E-state index contributed by atoms with van der Waals surface area (Å²) in [6, 6.07) is 0. The topological polar surface area (TPSA) is 93.2 Å². The molecule has 0 aromatic carbocycles. The Bertz CT molecular complexity index is 600. The van der Waals surface area contributed by atoms with Gasteiger partial charge in [-0.15, -0.1) is 0 Å². The van der Waals surface area contributed by atoms with Crippen molar-refractivity contribution in [3.8, 4) is 5.69 Å². The molecule has 0 fully saturated rings. The van der Waals surface area contributed by atoms with Gasteiger partial charge in [-0.3, -0.25) is 4.68 Å². The third kappa shape index (κ3) is 2.50. The highest BCUT2D eigenvalue weighted by molar-refractivity contribution is 5.87. The molecule has 0 aliphatic heterocycles. The van der Waals surface area contributed by atoms with Gasteiger partial charge in [-0.25, -0.2) is 9.48 Å². The van der Waals surface area contributed by atoms with E-state index in [4.69, 9.17) is 10.2 Å². The fourth-order valence-electron chi connectivity index (χ4n) is 1.98. The van der Waals surface area contributed by atoms with E-state index in [0.717, 1.165) is 17.8 Å². The Kier molecular flexibility index (Phi) is 3.66. The number of aliphatic hydroxyl groups excluding tert-OH is 1. The molecule has 19 heavy (non-hydrogen) atoms. The molecule has 2 rings (SSSR count). The van der Waals surface area contributed by atoms with E-state index < -0.39 is 5.97 Å². The van der Waals surface area contributed by atoms with Gasteiger partial charge in [0.2, 0.25) is 0 Å². The highest BCUT2D eigenvalue weighted by Gasteiger charge is 2.18. The quantitative estimate of drug-likeness (QED) is 0.815. The van der Waals surface area contributed by atoms with Crippen LogP contribution in [0.3, 0.4) is 0 Å². The van der Waals surface area contributed by atoms with Crippen LogP contribution in [0.1, 0.15) is 28.7 Å². The summed E-state index contributed by atoms with van der Waals surface area (Å²) >= 11 is 0. The van der Waals surface area contributed by atoms with Gasteiger partial charge in [0.1, 0.15) is 5.69 Å². The third-order valence-electron chi connectivity index (χ3n) is 2.84. The second-order valence-corrected chi connectivity index (χ2v) is 4.21. The lowest BCUT2D eigenvalue weighted by atomic mass is 10.2. The van der Waals surface area contributed by atoms with Crippen LogP contribution in [0.4, 0.5) is 0 Å². The molecule has 7 heteroatoms. The van der Waals surface area contributed by atoms with Crippen molar-refractivity contribution >= 4 is 5.97 Å². The Hall–Kier alpha value is -2.15. The molecule has 0 saturated carbocycles. The standard InChI is InChI=1S/C12H16N4O3/c1-3-9-10(7-15(2)13-9)16-6-8(4-5-17)11(14-16)12(18)19/h6-7,17H,3-5H2,1-2H3,(H,18,19). The minimum Gasteiger partial charge on any atom is -0.476 e. The number of carboxylic acid groups (broad SMARTS) is 1. The second-order valence-electron chi connectivity index (χ2n) is 4.21. The summed E-state index contributed by atoms with van der Waals surface area (Å²) in [4.78, 5) is 11.1. The number of carbonyl (C=O) groups is 1. The van der Waals surface area contributed by atoms with Crippen LogP contribution >= 0.6 is 0 Å². The number of aliphatic hydroxyl groups is 1. The molecular weight excluding hydrogens is 248 g/mol. The molecule has 2 aromatic heterocycles. The maximum Gasteiger partial charge on any atom is 0.356 e. The van der Waals surface area contributed by atoms with Crippen molar-refractivity contribution in [1.82, 2.24) is 19.6 Å². The van der Waals surface area contributed by atoms with Gasteiger partial charge in [-0.2, -0.15) is 10.2 Å². The zero-order chi connectivity index (χ0) is 14.0. The van der Waals surface area contributed by atoms with E-state index in [-0.39, 0.29) is 18.7 Å². The van der Waals surface area contributed by atoms with Crippen LogP contribution in [-0.4, -0.2) is 42.4 Å². The van der Waals surface area contributed by atoms with E-state index in [0.29, 0.717) is 5.56 Å². The predicted molar refractivity (Wildman–Crippen MR) is 67.5 cm³/mol. The molecule has 0 aliphatic rings. The fraction of sp³-hybridized carbons (Fsp3) is 0.417. The van der Waals surface area contributed by atoms with Crippen LogP contribution < -0.4 is 0 Å². The summed E-state index contributed by atoms with van der Waals surface area (Å²) < 4.78 is 3.18. The van der Waals surface area contributed by atoms with Gasteiger partial charge in [0, 0.05) is 25.4 Å². The number of carboxylic acids is 1. The average Bonchev–Trinajstić information content (AvgIpc) is 2.93. The Balaban J connectivity index is 2.50. The molecule has 2 heterocycles. The van der Waals surface area contributed by atoms with Crippen LogP contribution in [0.15, 0.2) is 12.4 Å². The molecule has 2 N–H and O–H groups in total. The van der Waals surface area contributed by atoms with Crippen molar-refractivity contribution in [2.45, 2.75) is 19.8 Å². The molecule has 102 valence electrons. The summed E-state index contributed by atoms with van der Waals surface area (Å²) in [5.74, 6) is -1.09. The van der Waals surface area contributed by atoms with E-state index in [9.17, 15) is 4.79 Å². The van der Waals surface area contributed by atoms with Crippen molar-refractivity contribution in [2.24, 2.45) is 7.05 Å². The number of hydrogen-bond acceptors (Lipinski definition) is 4. The molecule has 0 spiro atoms. The monoisotopic (exact) mass is 264 g/mol. The van der Waals surface area contributed by atoms with E-state index in [1.54, 1.807) is 24.1 Å². The zero-order valence-corrected chi connectivity index (χ0v) is 10.9. The summed E-state index contributed by atoms with van der Waals surface area (Å²) in [6.07, 6.45) is 4.42. The molecular formula is C12H16N4O3. The molecule has 0 unspecified atom stereocenters. The van der Waals surface area contributed by atoms with Crippen LogP contribution in [0.5, 0.6) is 0 Å². The normalized spacial score (nSPS) is 10.9. The van der Waals surface area contributed by atoms with Crippen molar-refractivity contribution < 1.29 is 15.0 Å². The first-order chi connectivity index (χ1) is 9.06. The van der Waals surface area contributed by atoms with E-state index >= 15 is 0 Å². The number of aryl methyl sites for hydroxylation is 2. The SMILES string of the molecule is CCc1nn(C)cc1-n1cc(CCO)c(C(=O)O)n1. The second kappa shape index (κ2) is 5.23. The molecule has 7 nitrogen and oxygen atoms in total. The van der Waals surface area contributed by atoms with E-state index in [2.05, 4.69) is 10.2 Å². The lowest BCUT2D eigenvalue weighted by Crippen LogP contribution is -2.04. The minimum absolute atomic E-state index is 0.0278. The first-order valence-corrected chi connectivity index (χ1v) is 6.02. The summed E-state index contributed by atoms with van der Waals surface area (Å²) in [5.41, 5.74) is 2.09. The molecule has 0 radical (unpaired) electrons. The lowest BCUT2D eigenvalue weighted by Gasteiger charge is -1.98. The summed E-state index contributed by atoms with van der Waals surface area (Å²) in [5, 5.41) is 26.4. The van der Waals surface area contributed by atoms with Gasteiger partial charge in [0.15, 0.2) is 5.69 Å². The highest BCUT2D eigenvalue weighted by Crippen LogP contribution is 2.16. The van der Waals surface area contributed by atoms with E-state index in [1.807, 2.05) is 6.92 Å². The molecule has 0 amide bonds. The van der Waals surface area contributed by atoms with Crippen LogP contribution in [-0.2, 0) is 19.9 Å². The number of aromatic nitrogens is 4. The maximum atomic E-state index is 11.1. The van der Waals surface area contributed by atoms with Crippen LogP contribution in [0.25, 0.3) is 5.69 Å². The van der Waals surface area contributed by atoms with Gasteiger partial charge >= 0.3 is 5.97 Å². The zero-order valence-electron chi connectivity index (χ0n) is 10.9. The fourth-order valence-corrected chi connectivity index (χ4v) is 1.98. The average molecular weight is 264 g/mol. The Morgan fingerprint density at radius 3 is 2.68 bits per heavy atom. The summed E-state index contributed by atoms with van der Waals surface area (Å²) in [6.45, 7) is 1.86. The Morgan fingerprint density at radius 1 is 1.37 bits per heavy atom. The third-order valence-corrected chi connectivity index (χ3v) is 2.84. The number of hydrogen-bond donors (Lipinski definition) is 2. The molecule has 0 saturated heterocycles. The first kappa shape index (κ1) is 13.3. The Labute approximate surface area is 110 Å². The minimum atomic E-state index is -1.09. The van der Waals surface area contributed by atoms with Gasteiger partial charge in [0.05, 0.1) is 11.9 Å². The number of aromatic carboxylic acids is 1. The number of nitrogens with zero attached hydrogens (tertiary/aromatic N) is 4. The van der Waals surface area contributed by atoms with Crippen molar-refractivity contribution in [3.63, 3.8) is 0 Å². The molecule has 0 bridgehead atoms. The summed E-state index contributed by atoms with van der Waals surface area (Å²) in [7, 11) is 1.80. The van der Waals surface area contributed by atoms with Crippen molar-refractivity contribution in [1.29, 1.82) is 0 Å². The largest absolute Gasteiger partial charge is 0.476 e. The van der Waals surface area contributed by atoms with Crippen LogP contribution in [0, 0.1) is 0 Å². The molecule has 0 atom stereocenters. The van der Waals surface area contributed by atoms with Gasteiger partial charge in [0.25, 0.3) is 0 Å². The van der Waals surface area contributed by atoms with Crippen molar-refractivity contribution in [3.05, 3.63) is 29.3 Å². The van der Waals surface area contributed by atoms with E-state index in [1.165, 1.54) is 4.68 Å². The van der Waals surface area contributed by atoms with Gasteiger partial charge in [-0.1, -0.05) is 6.92 Å². The first-order valence-electron chi connectivity index (χ1n) is 6.02. The molecule has 0 aliphatic carbocycles. The Morgan fingerprint density at radius 2 is 2.11 bits per heavy atom. The van der Waals surface area contributed by atoms with Gasteiger partial charge in [-0.05, 0) is 12.8 Å². The smallest absolute Gasteiger partial charge is 0.356 e. The predicted octanol–water partition coefficient (Wildman–Crippen LogP) is 0.401. The number of rotatable bonds is 5. The van der Waals surface area contributed by atoms with Crippen LogP contribution in [0.2, 0.25) is 0 Å².